The molecule has 2 atom stereocenters. The molecule has 2 aromatic rings. The molecule has 2 heterocycles. The smallest absolute Gasteiger partial charge is 0.218 e. The Hall–Kier alpha value is -1.72. The maximum Gasteiger partial charge on any atom is 0.218 e. The third kappa shape index (κ3) is 2.36. The first-order valence-electron chi connectivity index (χ1n) is 6.73. The van der Waals surface area contributed by atoms with Crippen LogP contribution in [-0.2, 0) is 7.05 Å². The van der Waals surface area contributed by atoms with E-state index in [-0.39, 0.29) is 6.10 Å². The van der Waals surface area contributed by atoms with E-state index in [1.807, 2.05) is 14.0 Å². The number of aromatic nitrogens is 2. The normalized spacial score (nSPS) is 20.8. The monoisotopic (exact) mass is 308 g/mol. The summed E-state index contributed by atoms with van der Waals surface area (Å²) >= 11 is 5.97. The molecule has 21 heavy (non-hydrogen) atoms. The first kappa shape index (κ1) is 14.2. The van der Waals surface area contributed by atoms with Crippen molar-refractivity contribution in [1.29, 1.82) is 0 Å². The fourth-order valence-corrected chi connectivity index (χ4v) is 3.04. The zero-order chi connectivity index (χ0) is 15.1. The van der Waals surface area contributed by atoms with Crippen molar-refractivity contribution in [2.45, 2.75) is 25.6 Å². The minimum atomic E-state index is -0.623. The maximum absolute atomic E-state index is 10.4. The van der Waals surface area contributed by atoms with Crippen molar-refractivity contribution in [3.63, 3.8) is 0 Å². The number of hydrogen-bond acceptors (Lipinski definition) is 4. The van der Waals surface area contributed by atoms with Crippen molar-refractivity contribution in [3.8, 4) is 11.6 Å². The zero-order valence-electron chi connectivity index (χ0n) is 12.1. The van der Waals surface area contributed by atoms with Crippen molar-refractivity contribution < 1.29 is 14.6 Å². The van der Waals surface area contributed by atoms with Gasteiger partial charge in [-0.25, -0.2) is 4.68 Å². The van der Waals surface area contributed by atoms with Gasteiger partial charge < -0.3 is 14.6 Å². The van der Waals surface area contributed by atoms with E-state index in [2.05, 4.69) is 5.10 Å². The van der Waals surface area contributed by atoms with E-state index >= 15 is 0 Å². The van der Waals surface area contributed by atoms with Gasteiger partial charge in [-0.05, 0) is 25.1 Å². The molecule has 5 nitrogen and oxygen atoms in total. The van der Waals surface area contributed by atoms with Crippen LogP contribution in [0.1, 0.15) is 35.4 Å². The lowest BCUT2D eigenvalue weighted by Gasteiger charge is -2.30. The van der Waals surface area contributed by atoms with Gasteiger partial charge in [-0.2, -0.15) is 5.10 Å². The predicted molar refractivity (Wildman–Crippen MR) is 78.9 cm³/mol. The van der Waals surface area contributed by atoms with Crippen molar-refractivity contribution >= 4 is 11.6 Å². The van der Waals surface area contributed by atoms with E-state index < -0.39 is 6.10 Å². The molecule has 0 spiro atoms. The molecule has 1 aliphatic heterocycles. The van der Waals surface area contributed by atoms with Crippen LogP contribution in [0.3, 0.4) is 0 Å². The van der Waals surface area contributed by atoms with E-state index in [4.69, 9.17) is 21.1 Å². The van der Waals surface area contributed by atoms with Crippen molar-refractivity contribution in [2.24, 2.45) is 7.05 Å². The summed E-state index contributed by atoms with van der Waals surface area (Å²) in [6.45, 7) is 1.91. The van der Waals surface area contributed by atoms with Gasteiger partial charge in [0.25, 0.3) is 0 Å². The molecule has 112 valence electrons. The van der Waals surface area contributed by atoms with Crippen molar-refractivity contribution in [1.82, 2.24) is 9.78 Å². The molecule has 3 rings (SSSR count). The van der Waals surface area contributed by atoms with E-state index in [0.29, 0.717) is 23.1 Å². The van der Waals surface area contributed by atoms with Gasteiger partial charge in [0, 0.05) is 24.1 Å². The number of nitrogens with zero attached hydrogens (tertiary/aromatic N) is 2. The summed E-state index contributed by atoms with van der Waals surface area (Å²) in [5.41, 5.74) is 2.43. The van der Waals surface area contributed by atoms with Gasteiger partial charge >= 0.3 is 0 Å². The standard InChI is InChI=1S/C15H17ClN2O3/c1-8-14(15(20-3)18(2)17-8)13-7-11(19)10-6-9(16)4-5-12(10)21-13/h4-6,11,13,19H,7H2,1-3H3. The highest BCUT2D eigenvalue weighted by Gasteiger charge is 2.33. The number of aliphatic hydroxyl groups excluding tert-OH is 1. The first-order valence-corrected chi connectivity index (χ1v) is 7.10. The average molecular weight is 309 g/mol. The van der Waals surface area contributed by atoms with Crippen molar-refractivity contribution in [2.75, 3.05) is 7.11 Å². The molecule has 1 N–H and O–H groups in total. The highest BCUT2D eigenvalue weighted by molar-refractivity contribution is 6.30. The average Bonchev–Trinajstić information content (AvgIpc) is 2.73. The molecule has 0 radical (unpaired) electrons. The van der Waals surface area contributed by atoms with Crippen LogP contribution in [-0.4, -0.2) is 22.0 Å². The summed E-state index contributed by atoms with van der Waals surface area (Å²) < 4.78 is 13.1. The number of fused-ring (bicyclic) bond motifs is 1. The Morgan fingerprint density at radius 3 is 2.95 bits per heavy atom. The highest BCUT2D eigenvalue weighted by Crippen LogP contribution is 2.44. The molecule has 2 unspecified atom stereocenters. The molecular formula is C15H17ClN2O3. The number of ether oxygens (including phenoxy) is 2. The second kappa shape index (κ2) is 5.24. The minimum Gasteiger partial charge on any atom is -0.485 e. The maximum atomic E-state index is 10.4. The largest absolute Gasteiger partial charge is 0.485 e. The van der Waals surface area contributed by atoms with Crippen LogP contribution < -0.4 is 9.47 Å². The van der Waals surface area contributed by atoms with Gasteiger partial charge in [-0.15, -0.1) is 0 Å². The minimum absolute atomic E-state index is 0.294. The van der Waals surface area contributed by atoms with Gasteiger partial charge in [0.05, 0.1) is 24.5 Å². The van der Waals surface area contributed by atoms with E-state index in [1.54, 1.807) is 30.0 Å². The number of benzene rings is 1. The second-order valence-corrected chi connectivity index (χ2v) is 5.61. The van der Waals surface area contributed by atoms with Crippen LogP contribution in [0.2, 0.25) is 5.02 Å². The Kier molecular flexibility index (Phi) is 3.55. The van der Waals surface area contributed by atoms with Gasteiger partial charge in [-0.1, -0.05) is 11.6 Å². The first-order chi connectivity index (χ1) is 10.0. The van der Waals surface area contributed by atoms with E-state index in [0.717, 1.165) is 16.8 Å². The summed E-state index contributed by atoms with van der Waals surface area (Å²) in [7, 11) is 3.43. The van der Waals surface area contributed by atoms with E-state index in [9.17, 15) is 5.11 Å². The summed E-state index contributed by atoms with van der Waals surface area (Å²) in [5, 5.41) is 15.3. The summed E-state index contributed by atoms with van der Waals surface area (Å²) in [6.07, 6.45) is -0.477. The fraction of sp³-hybridized carbons (Fsp3) is 0.400. The number of aryl methyl sites for hydroxylation is 2. The van der Waals surface area contributed by atoms with Crippen LogP contribution in [0.25, 0.3) is 0 Å². The lowest BCUT2D eigenvalue weighted by Crippen LogP contribution is -2.20. The van der Waals surface area contributed by atoms with Gasteiger partial charge in [0.2, 0.25) is 5.88 Å². The SMILES string of the molecule is COc1c(C2CC(O)c3cc(Cl)ccc3O2)c(C)nn1C. The molecule has 0 aliphatic carbocycles. The summed E-state index contributed by atoms with van der Waals surface area (Å²) in [5.74, 6) is 1.30. The highest BCUT2D eigenvalue weighted by atomic mass is 35.5. The van der Waals surface area contributed by atoms with Crippen molar-refractivity contribution in [3.05, 3.63) is 40.0 Å². The number of hydrogen-bond donors (Lipinski definition) is 1. The molecule has 0 saturated heterocycles. The Bertz CT molecular complexity index is 684. The summed E-state index contributed by atoms with van der Waals surface area (Å²) in [6, 6.07) is 5.28. The molecule has 0 amide bonds. The number of halogens is 1. The number of aliphatic hydroxyl groups is 1. The van der Waals surface area contributed by atoms with Crippen LogP contribution in [0.15, 0.2) is 18.2 Å². The Balaban J connectivity index is 2.02. The van der Waals surface area contributed by atoms with Gasteiger partial charge in [0.15, 0.2) is 0 Å². The third-order valence-electron chi connectivity index (χ3n) is 3.77. The van der Waals surface area contributed by atoms with Gasteiger partial charge in [0.1, 0.15) is 11.9 Å². The number of rotatable bonds is 2. The van der Waals surface area contributed by atoms with Crippen LogP contribution in [0.4, 0.5) is 0 Å². The predicted octanol–water partition coefficient (Wildman–Crippen LogP) is 2.95. The molecule has 0 saturated carbocycles. The second-order valence-electron chi connectivity index (χ2n) is 5.17. The Labute approximate surface area is 128 Å². The molecule has 0 fully saturated rings. The quantitative estimate of drug-likeness (QED) is 0.926. The Morgan fingerprint density at radius 2 is 2.24 bits per heavy atom. The third-order valence-corrected chi connectivity index (χ3v) is 4.00. The topological polar surface area (TPSA) is 56.5 Å². The zero-order valence-corrected chi connectivity index (χ0v) is 12.9. The van der Waals surface area contributed by atoms with Crippen LogP contribution >= 0.6 is 11.6 Å². The number of methoxy groups -OCH3 is 1. The molecule has 1 aliphatic rings. The molecule has 1 aromatic heterocycles. The van der Waals surface area contributed by atoms with Crippen LogP contribution in [0.5, 0.6) is 11.6 Å². The lowest BCUT2D eigenvalue weighted by atomic mass is 9.95. The molecule has 1 aromatic carbocycles. The van der Waals surface area contributed by atoms with Crippen LogP contribution in [0, 0.1) is 6.92 Å². The summed E-state index contributed by atoms with van der Waals surface area (Å²) in [4.78, 5) is 0. The van der Waals surface area contributed by atoms with E-state index in [1.165, 1.54) is 0 Å². The molecule has 6 heteroatoms. The lowest BCUT2D eigenvalue weighted by molar-refractivity contribution is 0.0641. The molecular weight excluding hydrogens is 292 g/mol. The fourth-order valence-electron chi connectivity index (χ4n) is 2.86. The van der Waals surface area contributed by atoms with Gasteiger partial charge in [-0.3, -0.25) is 0 Å². The molecule has 0 bridgehead atoms. The Morgan fingerprint density at radius 1 is 1.48 bits per heavy atom.